The number of piperazine rings is 1. The van der Waals surface area contributed by atoms with Crippen molar-refractivity contribution in [3.63, 3.8) is 0 Å². The lowest BCUT2D eigenvalue weighted by Crippen LogP contribution is -2.52. The number of hydrogen-bond donors (Lipinski definition) is 0. The van der Waals surface area contributed by atoms with Gasteiger partial charge in [-0.3, -0.25) is 14.5 Å². The first-order valence-corrected chi connectivity index (χ1v) is 13.1. The summed E-state index contributed by atoms with van der Waals surface area (Å²) in [7, 11) is 0. The molecule has 2 aromatic rings. The van der Waals surface area contributed by atoms with Crippen LogP contribution in [0.1, 0.15) is 54.1 Å². The summed E-state index contributed by atoms with van der Waals surface area (Å²) < 4.78 is 14.0. The second-order valence-electron chi connectivity index (χ2n) is 9.48. The van der Waals surface area contributed by atoms with Crippen molar-refractivity contribution in [2.45, 2.75) is 44.6 Å². The van der Waals surface area contributed by atoms with Crippen molar-refractivity contribution in [2.24, 2.45) is 5.92 Å². The van der Waals surface area contributed by atoms with E-state index >= 15 is 0 Å². The number of carbonyl (C=O) groups excluding carboxylic acids is 2. The second-order valence-corrected chi connectivity index (χ2v) is 10.5. The average molecular weight is 470 g/mol. The van der Waals surface area contributed by atoms with Crippen molar-refractivity contribution in [3.8, 4) is 0 Å². The zero-order chi connectivity index (χ0) is 22.8. The Hall–Kier alpha value is -2.25. The maximum Gasteiger partial charge on any atom is 0.225 e. The van der Waals surface area contributed by atoms with Crippen LogP contribution in [0, 0.1) is 11.7 Å². The molecule has 33 heavy (non-hydrogen) atoms. The molecule has 1 aliphatic carbocycles. The van der Waals surface area contributed by atoms with Crippen LogP contribution < -0.4 is 0 Å². The first kappa shape index (κ1) is 22.5. The third-order valence-corrected chi connectivity index (χ3v) is 8.49. The lowest BCUT2D eigenvalue weighted by Gasteiger charge is -2.38. The molecule has 0 bridgehead atoms. The molecule has 2 amide bonds. The summed E-state index contributed by atoms with van der Waals surface area (Å²) >= 11 is 1.76. The molecule has 2 aliphatic heterocycles. The fourth-order valence-electron chi connectivity index (χ4n) is 5.68. The first-order chi connectivity index (χ1) is 16.1. The van der Waals surface area contributed by atoms with E-state index in [1.165, 1.54) is 16.5 Å². The number of halogens is 1. The van der Waals surface area contributed by atoms with E-state index in [2.05, 4.69) is 16.3 Å². The predicted molar refractivity (Wildman–Crippen MR) is 128 cm³/mol. The summed E-state index contributed by atoms with van der Waals surface area (Å²) in [5, 5.41) is 2.11. The molecule has 3 heterocycles. The smallest absolute Gasteiger partial charge is 0.225 e. The Balaban J connectivity index is 1.19. The summed E-state index contributed by atoms with van der Waals surface area (Å²) in [6.45, 7) is 4.06. The number of rotatable bonds is 5. The van der Waals surface area contributed by atoms with Crippen molar-refractivity contribution >= 4 is 23.2 Å². The molecule has 0 N–H and O–H groups in total. The van der Waals surface area contributed by atoms with Gasteiger partial charge in [-0.05, 0) is 54.0 Å². The molecule has 0 radical (unpaired) electrons. The fraction of sp³-hybridized carbons (Fsp3) is 0.538. The molecule has 5 nitrogen and oxygen atoms in total. The van der Waals surface area contributed by atoms with E-state index in [4.69, 9.17) is 0 Å². The third kappa shape index (κ3) is 4.85. The van der Waals surface area contributed by atoms with Crippen LogP contribution in [0.5, 0.6) is 0 Å². The van der Waals surface area contributed by atoms with Crippen LogP contribution in [-0.2, 0) is 16.0 Å². The molecule has 1 saturated carbocycles. The van der Waals surface area contributed by atoms with E-state index in [1.807, 2.05) is 15.9 Å². The molecule has 2 fully saturated rings. The summed E-state index contributed by atoms with van der Waals surface area (Å²) in [4.78, 5) is 33.2. The molecule has 5 rings (SSSR count). The van der Waals surface area contributed by atoms with Crippen molar-refractivity contribution in [1.29, 1.82) is 0 Å². The zero-order valence-electron chi connectivity index (χ0n) is 19.0. The van der Waals surface area contributed by atoms with Gasteiger partial charge in [0.05, 0.1) is 6.04 Å². The van der Waals surface area contributed by atoms with Gasteiger partial charge in [0.2, 0.25) is 11.8 Å². The minimum Gasteiger partial charge on any atom is -0.339 e. The number of benzene rings is 1. The maximum absolute atomic E-state index is 14.0. The van der Waals surface area contributed by atoms with Crippen molar-refractivity contribution in [1.82, 2.24) is 14.7 Å². The summed E-state index contributed by atoms with van der Waals surface area (Å²) in [5.74, 6) is 0.415. The lowest BCUT2D eigenvalue weighted by atomic mass is 9.93. The third-order valence-electron chi connectivity index (χ3n) is 7.49. The summed E-state index contributed by atoms with van der Waals surface area (Å²) in [6, 6.07) is 8.98. The molecule has 7 heteroatoms. The fourth-order valence-corrected chi connectivity index (χ4v) is 6.58. The van der Waals surface area contributed by atoms with Crippen molar-refractivity contribution in [2.75, 3.05) is 39.3 Å². The second kappa shape index (κ2) is 9.94. The zero-order valence-corrected chi connectivity index (χ0v) is 19.9. The lowest BCUT2D eigenvalue weighted by molar-refractivity contribution is -0.142. The predicted octanol–water partition coefficient (Wildman–Crippen LogP) is 4.09. The van der Waals surface area contributed by atoms with Gasteiger partial charge >= 0.3 is 0 Å². The standard InChI is InChI=1S/C26H32FN3O2S/c27-21-7-3-6-20(18-21)25-22-10-17-33-23(22)8-11-29(25)12-9-24(31)28-13-15-30(16-14-28)26(32)19-4-1-2-5-19/h3,6-7,10,17-19,25H,1-2,4-5,8-9,11-16H2/t25-/m1/s1. The van der Waals surface area contributed by atoms with Gasteiger partial charge in [0.1, 0.15) is 5.82 Å². The van der Waals surface area contributed by atoms with Gasteiger partial charge in [0.25, 0.3) is 0 Å². The number of thiophene rings is 1. The number of carbonyl (C=O) groups is 2. The molecule has 1 atom stereocenters. The Bertz CT molecular complexity index is 995. The van der Waals surface area contributed by atoms with Crippen LogP contribution in [-0.4, -0.2) is 65.8 Å². The summed E-state index contributed by atoms with van der Waals surface area (Å²) in [5.41, 5.74) is 2.18. The van der Waals surface area contributed by atoms with Gasteiger partial charge in [-0.15, -0.1) is 11.3 Å². The number of hydrogen-bond acceptors (Lipinski definition) is 4. The van der Waals surface area contributed by atoms with Crippen LogP contribution in [0.4, 0.5) is 4.39 Å². The van der Waals surface area contributed by atoms with E-state index in [1.54, 1.807) is 23.5 Å². The quantitative estimate of drug-likeness (QED) is 0.663. The molecule has 0 unspecified atom stereocenters. The van der Waals surface area contributed by atoms with E-state index in [9.17, 15) is 14.0 Å². The molecule has 3 aliphatic rings. The van der Waals surface area contributed by atoms with Gasteiger partial charge in [-0.2, -0.15) is 0 Å². The van der Waals surface area contributed by atoms with E-state index in [-0.39, 0.29) is 29.6 Å². The SMILES string of the molecule is O=C(CCN1CCc2sccc2[C@H]1c1cccc(F)c1)N1CCN(C(=O)C2CCCC2)CC1. The number of nitrogens with zero attached hydrogens (tertiary/aromatic N) is 3. The molecule has 0 spiro atoms. The van der Waals surface area contributed by atoms with Crippen molar-refractivity contribution < 1.29 is 14.0 Å². The minimum atomic E-state index is -0.226. The molecule has 176 valence electrons. The van der Waals surface area contributed by atoms with Crippen LogP contribution in [0.25, 0.3) is 0 Å². The summed E-state index contributed by atoms with van der Waals surface area (Å²) in [6.07, 6.45) is 5.78. The Morgan fingerprint density at radius 1 is 1.00 bits per heavy atom. The maximum atomic E-state index is 14.0. The number of amides is 2. The normalized spacial score (nSPS) is 21.9. The Morgan fingerprint density at radius 2 is 1.76 bits per heavy atom. The van der Waals surface area contributed by atoms with Gasteiger partial charge in [0.15, 0.2) is 0 Å². The first-order valence-electron chi connectivity index (χ1n) is 12.2. The molecule has 1 aromatic carbocycles. The van der Waals surface area contributed by atoms with Crippen molar-refractivity contribution in [3.05, 3.63) is 57.5 Å². The van der Waals surface area contributed by atoms with Crippen LogP contribution >= 0.6 is 11.3 Å². The Kier molecular flexibility index (Phi) is 6.79. The molecular weight excluding hydrogens is 437 g/mol. The molecule has 1 saturated heterocycles. The van der Waals surface area contributed by atoms with Crippen LogP contribution in [0.3, 0.4) is 0 Å². The minimum absolute atomic E-state index is 0.00983. The molecular formula is C26H32FN3O2S. The highest BCUT2D eigenvalue weighted by Crippen LogP contribution is 2.38. The van der Waals surface area contributed by atoms with Gasteiger partial charge in [-0.1, -0.05) is 25.0 Å². The topological polar surface area (TPSA) is 43.9 Å². The van der Waals surface area contributed by atoms with Gasteiger partial charge in [-0.25, -0.2) is 4.39 Å². The molecule has 1 aromatic heterocycles. The number of fused-ring (bicyclic) bond motifs is 1. The highest BCUT2D eigenvalue weighted by Gasteiger charge is 2.32. The highest BCUT2D eigenvalue weighted by atomic mass is 32.1. The van der Waals surface area contributed by atoms with Gasteiger partial charge in [0, 0.05) is 56.5 Å². The van der Waals surface area contributed by atoms with Crippen LogP contribution in [0.2, 0.25) is 0 Å². The van der Waals surface area contributed by atoms with Crippen LogP contribution in [0.15, 0.2) is 35.7 Å². The van der Waals surface area contributed by atoms with E-state index in [0.717, 1.165) is 44.2 Å². The van der Waals surface area contributed by atoms with E-state index in [0.29, 0.717) is 39.1 Å². The average Bonchev–Trinajstić information content (AvgIpc) is 3.54. The van der Waals surface area contributed by atoms with Gasteiger partial charge < -0.3 is 9.80 Å². The van der Waals surface area contributed by atoms with E-state index < -0.39 is 0 Å². The highest BCUT2D eigenvalue weighted by molar-refractivity contribution is 7.10. The Labute approximate surface area is 199 Å². The monoisotopic (exact) mass is 469 g/mol. The largest absolute Gasteiger partial charge is 0.339 e. The Morgan fingerprint density at radius 3 is 2.52 bits per heavy atom.